The Hall–Kier alpha value is -5.82. The summed E-state index contributed by atoms with van der Waals surface area (Å²) in [5.74, 6) is 0. The first-order chi connectivity index (χ1) is 24.1. The molecule has 0 N–H and O–H groups in total. The second-order valence-electron chi connectivity index (χ2n) is 12.8. The zero-order chi connectivity index (χ0) is 33.0. The summed E-state index contributed by atoms with van der Waals surface area (Å²) in [5.41, 5.74) is 17.4. The Morgan fingerprint density at radius 3 is 1.31 bits per heavy atom. The number of hydrogen-bond donors (Lipinski definition) is 0. The molecule has 2 heterocycles. The molecule has 0 aromatic heterocycles. The fraction of sp³-hybridized carbons (Fsp3) is 0.0435. The lowest BCUT2D eigenvalue weighted by Gasteiger charge is -2.34. The fourth-order valence-corrected chi connectivity index (χ4v) is 7.99. The van der Waals surface area contributed by atoms with Crippen LogP contribution in [0, 0.1) is 6.92 Å². The van der Waals surface area contributed by atoms with Crippen molar-refractivity contribution in [2.45, 2.75) is 12.3 Å². The van der Waals surface area contributed by atoms with Crippen LogP contribution in [0.5, 0.6) is 0 Å². The van der Waals surface area contributed by atoms with Crippen LogP contribution in [-0.2, 0) is 5.41 Å². The molecule has 3 aliphatic rings. The summed E-state index contributed by atoms with van der Waals surface area (Å²) in [6, 6.07) is 49.5. The van der Waals surface area contributed by atoms with Crippen molar-refractivity contribution in [3.63, 3.8) is 0 Å². The molecule has 2 nitrogen and oxygen atoms in total. The van der Waals surface area contributed by atoms with Gasteiger partial charge in [-0.05, 0) is 99.0 Å². The van der Waals surface area contributed by atoms with Crippen LogP contribution in [0.1, 0.15) is 38.9 Å². The van der Waals surface area contributed by atoms with E-state index in [4.69, 9.17) is 0 Å². The molecule has 3 heteroatoms. The van der Waals surface area contributed by atoms with Gasteiger partial charge in [-0.2, -0.15) is 0 Å². The SMILES string of the molecule is Cc1ccc2c(c1)C(c1ccc(-c3ccc(C4=[N+]=CC=C4)cc3)cc1)(c1ccc(-c3ccc(C4=[N+]=CC=C4)cc3)cc1)c1cc(Br)ccc1-2. The number of nitrogens with zero attached hydrogens (tertiary/aromatic N) is 2. The Morgan fingerprint density at radius 1 is 0.449 bits per heavy atom. The Morgan fingerprint density at radius 2 is 0.857 bits per heavy atom. The summed E-state index contributed by atoms with van der Waals surface area (Å²) in [7, 11) is 0. The predicted molar refractivity (Wildman–Crippen MR) is 210 cm³/mol. The molecule has 1 aliphatic carbocycles. The topological polar surface area (TPSA) is 28.2 Å². The van der Waals surface area contributed by atoms with Gasteiger partial charge in [0.15, 0.2) is 0 Å². The van der Waals surface area contributed by atoms with E-state index in [0.717, 1.165) is 27.0 Å². The standard InChI is InChI=1S/C46H31BrN2/c1-30-6-24-40-41-25-23-39(47)29-43(41)46(42(40)28-30,37-19-15-33(16-20-37)31-7-11-35(12-8-31)44-4-2-26-48-44)38-21-17-34(18-22-38)32-9-13-36(14-10-32)45-5-3-27-49-45/h2-29H,1H3/q+2. The molecule has 0 bridgehead atoms. The van der Waals surface area contributed by atoms with Crippen LogP contribution in [0.15, 0.2) is 162 Å². The lowest BCUT2D eigenvalue weighted by molar-refractivity contribution is 0.767. The monoisotopic (exact) mass is 690 g/mol. The first-order valence-electron chi connectivity index (χ1n) is 16.6. The molecule has 0 saturated carbocycles. The van der Waals surface area contributed by atoms with Gasteiger partial charge in [0.25, 0.3) is 12.4 Å². The molecule has 0 spiro atoms. The normalized spacial score (nSPS) is 14.6. The van der Waals surface area contributed by atoms with Crippen LogP contribution in [-0.4, -0.2) is 23.9 Å². The molecule has 0 amide bonds. The zero-order valence-corrected chi connectivity index (χ0v) is 28.5. The molecule has 0 saturated heterocycles. The third-order valence-electron chi connectivity index (χ3n) is 10.0. The predicted octanol–water partition coefficient (Wildman–Crippen LogP) is 9.45. The molecule has 0 unspecified atom stereocenters. The summed E-state index contributed by atoms with van der Waals surface area (Å²) in [6.07, 6.45) is 11.7. The van der Waals surface area contributed by atoms with Gasteiger partial charge in [-0.1, -0.05) is 128 Å². The molecular formula is C46H31BrN2+2. The van der Waals surface area contributed by atoms with Crippen LogP contribution < -0.4 is 9.34 Å². The highest BCUT2D eigenvalue weighted by Crippen LogP contribution is 2.57. The molecule has 0 fully saturated rings. The van der Waals surface area contributed by atoms with Crippen LogP contribution >= 0.6 is 15.9 Å². The van der Waals surface area contributed by atoms with Crippen molar-refractivity contribution in [1.29, 1.82) is 0 Å². The lowest BCUT2D eigenvalue weighted by Crippen LogP contribution is -2.28. The minimum absolute atomic E-state index is 0.488. The fourth-order valence-electron chi connectivity index (χ4n) is 7.63. The van der Waals surface area contributed by atoms with E-state index < -0.39 is 5.41 Å². The van der Waals surface area contributed by atoms with E-state index in [2.05, 4.69) is 166 Å². The van der Waals surface area contributed by atoms with E-state index in [9.17, 15) is 0 Å². The van der Waals surface area contributed by atoms with Gasteiger partial charge in [0.1, 0.15) is 0 Å². The summed E-state index contributed by atoms with van der Waals surface area (Å²) in [5, 5.41) is 0. The van der Waals surface area contributed by atoms with Crippen molar-refractivity contribution in [1.82, 2.24) is 9.34 Å². The second-order valence-corrected chi connectivity index (χ2v) is 13.8. The maximum Gasteiger partial charge on any atom is 0.334 e. The summed E-state index contributed by atoms with van der Waals surface area (Å²) < 4.78 is 10.00. The van der Waals surface area contributed by atoms with Gasteiger partial charge >= 0.3 is 11.4 Å². The first-order valence-corrected chi connectivity index (χ1v) is 17.4. The van der Waals surface area contributed by atoms with Crippen LogP contribution in [0.2, 0.25) is 0 Å². The van der Waals surface area contributed by atoms with Gasteiger partial charge in [-0.3, -0.25) is 0 Å². The minimum Gasteiger partial charge on any atom is -0.0920 e. The van der Waals surface area contributed by atoms with Crippen molar-refractivity contribution in [2.75, 3.05) is 0 Å². The van der Waals surface area contributed by atoms with Gasteiger partial charge in [0.05, 0.1) is 16.5 Å². The molecule has 49 heavy (non-hydrogen) atoms. The average molecular weight is 692 g/mol. The van der Waals surface area contributed by atoms with Crippen LogP contribution in [0.25, 0.3) is 33.4 Å². The van der Waals surface area contributed by atoms with Crippen molar-refractivity contribution in [3.8, 4) is 33.4 Å². The molecular weight excluding hydrogens is 660 g/mol. The number of halogens is 1. The highest BCUT2D eigenvalue weighted by molar-refractivity contribution is 9.10. The lowest BCUT2D eigenvalue weighted by atomic mass is 9.67. The third kappa shape index (κ3) is 4.88. The van der Waals surface area contributed by atoms with Crippen LogP contribution in [0.3, 0.4) is 0 Å². The van der Waals surface area contributed by atoms with Crippen molar-refractivity contribution in [2.24, 2.45) is 0 Å². The number of hydrogen-bond acceptors (Lipinski definition) is 0. The number of allylic oxidation sites excluding steroid dienone is 4. The minimum atomic E-state index is -0.488. The Bertz CT molecular complexity index is 2300. The van der Waals surface area contributed by atoms with E-state index in [1.165, 1.54) is 61.2 Å². The smallest absolute Gasteiger partial charge is 0.0920 e. The van der Waals surface area contributed by atoms with E-state index in [1.807, 2.05) is 36.7 Å². The van der Waals surface area contributed by atoms with E-state index in [1.54, 1.807) is 0 Å². The summed E-state index contributed by atoms with van der Waals surface area (Å²) in [4.78, 5) is 0. The van der Waals surface area contributed by atoms with Crippen molar-refractivity contribution >= 4 is 39.8 Å². The van der Waals surface area contributed by atoms with Crippen LogP contribution in [0.4, 0.5) is 0 Å². The highest BCUT2D eigenvalue weighted by Gasteiger charge is 2.46. The van der Waals surface area contributed by atoms with Gasteiger partial charge < -0.3 is 0 Å². The zero-order valence-electron chi connectivity index (χ0n) is 26.9. The van der Waals surface area contributed by atoms with Crippen molar-refractivity contribution in [3.05, 3.63) is 201 Å². The molecule has 6 aromatic rings. The molecule has 230 valence electrons. The van der Waals surface area contributed by atoms with Crippen molar-refractivity contribution < 1.29 is 0 Å². The number of benzene rings is 6. The molecule has 9 rings (SSSR count). The molecule has 0 radical (unpaired) electrons. The van der Waals surface area contributed by atoms with E-state index in [-0.39, 0.29) is 0 Å². The summed E-state index contributed by atoms with van der Waals surface area (Å²) >= 11 is 3.84. The van der Waals surface area contributed by atoms with E-state index in [0.29, 0.717) is 0 Å². The third-order valence-corrected chi connectivity index (χ3v) is 10.5. The Kier molecular flexibility index (Phi) is 7.00. The average Bonchev–Trinajstić information content (AvgIpc) is 3.93. The quantitative estimate of drug-likeness (QED) is 0.156. The van der Waals surface area contributed by atoms with Gasteiger partial charge in [0, 0.05) is 28.8 Å². The maximum atomic E-state index is 4.46. The highest BCUT2D eigenvalue weighted by atomic mass is 79.9. The van der Waals surface area contributed by atoms with E-state index >= 15 is 0 Å². The second kappa shape index (κ2) is 11.7. The number of fused-ring (bicyclic) bond motifs is 3. The Balaban J connectivity index is 1.17. The number of rotatable bonds is 6. The first kappa shape index (κ1) is 29.3. The number of aryl methyl sites for hydroxylation is 1. The maximum absolute atomic E-state index is 4.46. The molecule has 2 aliphatic heterocycles. The Labute approximate surface area is 294 Å². The van der Waals surface area contributed by atoms with Gasteiger partial charge in [-0.25, -0.2) is 0 Å². The molecule has 0 atom stereocenters. The summed E-state index contributed by atoms with van der Waals surface area (Å²) in [6.45, 7) is 2.19. The largest absolute Gasteiger partial charge is 0.334 e. The van der Waals surface area contributed by atoms with Gasteiger partial charge in [0.2, 0.25) is 0 Å². The molecule has 6 aromatic carbocycles. The van der Waals surface area contributed by atoms with Gasteiger partial charge in [-0.15, -0.1) is 0 Å².